The summed E-state index contributed by atoms with van der Waals surface area (Å²) in [5, 5.41) is 9.11. The molecule has 0 aliphatic carbocycles. The first-order valence-electron chi connectivity index (χ1n) is 12.8. The number of para-hydroxylation sites is 2. The van der Waals surface area contributed by atoms with Gasteiger partial charge in [-0.2, -0.15) is 0 Å². The highest BCUT2D eigenvalue weighted by atomic mass is 16.5. The van der Waals surface area contributed by atoms with Crippen molar-refractivity contribution in [3.8, 4) is 11.5 Å². The van der Waals surface area contributed by atoms with E-state index in [9.17, 15) is 19.2 Å². The van der Waals surface area contributed by atoms with Gasteiger partial charge in [0.15, 0.2) is 0 Å². The van der Waals surface area contributed by atoms with E-state index in [1.54, 1.807) is 24.3 Å². The molecule has 0 bridgehead atoms. The molecule has 3 aromatic rings. The van der Waals surface area contributed by atoms with Gasteiger partial charge in [0.25, 0.3) is 0 Å². The highest BCUT2D eigenvalue weighted by Gasteiger charge is 2.15. The van der Waals surface area contributed by atoms with Crippen LogP contribution in [0, 0.1) is 5.92 Å². The van der Waals surface area contributed by atoms with E-state index in [1.165, 1.54) is 58.1 Å². The largest absolute Gasteiger partial charge is 0.507 e. The molecule has 0 aromatic heterocycles. The molecule has 1 N–H and O–H groups in total. The van der Waals surface area contributed by atoms with Crippen molar-refractivity contribution in [1.29, 1.82) is 0 Å². The number of carbonyl (C=O) groups is 4. The van der Waals surface area contributed by atoms with Gasteiger partial charge in [-0.15, -0.1) is 0 Å². The van der Waals surface area contributed by atoms with Crippen molar-refractivity contribution in [1.82, 2.24) is 0 Å². The number of phenols is 1. The van der Waals surface area contributed by atoms with Crippen LogP contribution < -0.4 is 4.74 Å². The van der Waals surface area contributed by atoms with E-state index < -0.39 is 17.9 Å². The molecule has 1 unspecified atom stereocenters. The van der Waals surface area contributed by atoms with Gasteiger partial charge in [-0.3, -0.25) is 9.59 Å². The average Bonchev–Trinajstić information content (AvgIpc) is 2.96. The lowest BCUT2D eigenvalue weighted by Crippen LogP contribution is -2.10. The van der Waals surface area contributed by atoms with E-state index in [2.05, 4.69) is 35.5 Å². The summed E-state index contributed by atoms with van der Waals surface area (Å²) >= 11 is 0. The maximum absolute atomic E-state index is 11.4. The third-order valence-electron chi connectivity index (χ3n) is 5.53. The smallest absolute Gasteiger partial charge is 0.341 e. The standard InChI is InChI=1S/C14H20O2.C10H10O4.C8H8O3/c1-10(2)9-12-5-7-13(8-6-12)11(3)14(15)16-4;1-7(11)14-9-6-4-3-5-8(9)10(12)13-2;1-11-8(10)6-4-2-3-5-7(6)9/h5-8,10-11H,9H2,1-4H3;3-6H,1-2H3;2-5,9H,1H3. The van der Waals surface area contributed by atoms with E-state index in [4.69, 9.17) is 14.6 Å². The Morgan fingerprint density at radius 3 is 1.71 bits per heavy atom. The Bertz CT molecular complexity index is 1280. The molecule has 0 spiro atoms. The van der Waals surface area contributed by atoms with Gasteiger partial charge >= 0.3 is 23.9 Å². The lowest BCUT2D eigenvalue weighted by molar-refractivity contribution is -0.142. The van der Waals surface area contributed by atoms with E-state index >= 15 is 0 Å². The van der Waals surface area contributed by atoms with Crippen molar-refractivity contribution < 1.29 is 43.2 Å². The number of benzene rings is 3. The number of ether oxygens (including phenoxy) is 4. The summed E-state index contributed by atoms with van der Waals surface area (Å²) in [6.45, 7) is 7.54. The lowest BCUT2D eigenvalue weighted by atomic mass is 9.97. The number of hydrogen-bond acceptors (Lipinski definition) is 9. The summed E-state index contributed by atoms with van der Waals surface area (Å²) in [6, 6.07) is 20.9. The minimum Gasteiger partial charge on any atom is -0.507 e. The van der Waals surface area contributed by atoms with E-state index in [0.29, 0.717) is 5.92 Å². The molecule has 9 heteroatoms. The third-order valence-corrected chi connectivity index (χ3v) is 5.53. The van der Waals surface area contributed by atoms with E-state index in [-0.39, 0.29) is 34.5 Å². The monoisotopic (exact) mass is 566 g/mol. The minimum absolute atomic E-state index is 0.0562. The van der Waals surface area contributed by atoms with Crippen LogP contribution in [0.2, 0.25) is 0 Å². The van der Waals surface area contributed by atoms with Gasteiger partial charge in [0.05, 0.1) is 27.2 Å². The predicted molar refractivity (Wildman–Crippen MR) is 154 cm³/mol. The van der Waals surface area contributed by atoms with Crippen molar-refractivity contribution >= 4 is 23.9 Å². The van der Waals surface area contributed by atoms with Crippen LogP contribution in [0.25, 0.3) is 0 Å². The van der Waals surface area contributed by atoms with Gasteiger partial charge in [-0.05, 0) is 54.7 Å². The molecule has 41 heavy (non-hydrogen) atoms. The van der Waals surface area contributed by atoms with Crippen molar-refractivity contribution in [3.05, 3.63) is 95.1 Å². The highest BCUT2D eigenvalue weighted by molar-refractivity contribution is 5.93. The molecule has 0 fully saturated rings. The van der Waals surface area contributed by atoms with Crippen molar-refractivity contribution in [2.75, 3.05) is 21.3 Å². The fourth-order valence-electron chi connectivity index (χ4n) is 3.47. The fraction of sp³-hybridized carbons (Fsp3) is 0.312. The van der Waals surface area contributed by atoms with Crippen LogP contribution in [0.4, 0.5) is 0 Å². The molecule has 9 nitrogen and oxygen atoms in total. The molecular formula is C32H38O9. The first-order valence-corrected chi connectivity index (χ1v) is 12.8. The molecule has 0 aliphatic rings. The molecule has 3 rings (SSSR count). The second kappa shape index (κ2) is 17.8. The van der Waals surface area contributed by atoms with Gasteiger partial charge < -0.3 is 24.1 Å². The fourth-order valence-corrected chi connectivity index (χ4v) is 3.47. The lowest BCUT2D eigenvalue weighted by Gasteiger charge is -2.11. The van der Waals surface area contributed by atoms with Gasteiger partial charge in [0.2, 0.25) is 0 Å². The molecule has 3 aromatic carbocycles. The Labute approximate surface area is 241 Å². The number of esters is 4. The normalized spacial score (nSPS) is 10.5. The Morgan fingerprint density at radius 1 is 0.707 bits per heavy atom. The first kappa shape index (κ1) is 34.4. The zero-order chi connectivity index (χ0) is 30.9. The van der Waals surface area contributed by atoms with Crippen LogP contribution in [0.3, 0.4) is 0 Å². The summed E-state index contributed by atoms with van der Waals surface area (Å²) in [4.78, 5) is 44.1. The Kier molecular flexibility index (Phi) is 14.9. The average molecular weight is 567 g/mol. The van der Waals surface area contributed by atoms with E-state index in [0.717, 1.165) is 12.0 Å². The van der Waals surface area contributed by atoms with Crippen LogP contribution in [0.15, 0.2) is 72.8 Å². The number of carbonyl (C=O) groups excluding carboxylic acids is 4. The van der Waals surface area contributed by atoms with Crippen molar-refractivity contribution in [2.24, 2.45) is 5.92 Å². The topological polar surface area (TPSA) is 125 Å². The minimum atomic E-state index is -0.526. The number of hydrogen-bond donors (Lipinski definition) is 1. The Hall–Kier alpha value is -4.66. The molecule has 0 radical (unpaired) electrons. The highest BCUT2D eigenvalue weighted by Crippen LogP contribution is 2.20. The summed E-state index contributed by atoms with van der Waals surface area (Å²) in [6.07, 6.45) is 1.08. The summed E-state index contributed by atoms with van der Waals surface area (Å²) in [5.74, 6) is -1.07. The van der Waals surface area contributed by atoms with Crippen LogP contribution in [-0.2, 0) is 30.2 Å². The molecule has 0 saturated carbocycles. The molecule has 0 aliphatic heterocycles. The molecule has 220 valence electrons. The maximum atomic E-state index is 11.4. The number of rotatable bonds is 7. The zero-order valence-electron chi connectivity index (χ0n) is 24.5. The Morgan fingerprint density at radius 2 is 1.22 bits per heavy atom. The van der Waals surface area contributed by atoms with Gasteiger partial charge in [0, 0.05) is 6.92 Å². The van der Waals surface area contributed by atoms with Gasteiger partial charge in [-0.25, -0.2) is 9.59 Å². The summed E-state index contributed by atoms with van der Waals surface area (Å²) in [5.41, 5.74) is 2.76. The van der Waals surface area contributed by atoms with Crippen molar-refractivity contribution in [3.63, 3.8) is 0 Å². The molecule has 0 amide bonds. The number of phenolic OH excluding ortho intramolecular Hbond substituents is 1. The van der Waals surface area contributed by atoms with Crippen LogP contribution in [-0.4, -0.2) is 50.3 Å². The van der Waals surface area contributed by atoms with Gasteiger partial charge in [-0.1, -0.05) is 62.4 Å². The third kappa shape index (κ3) is 11.9. The van der Waals surface area contributed by atoms with E-state index in [1.807, 2.05) is 19.1 Å². The van der Waals surface area contributed by atoms with Crippen LogP contribution in [0.1, 0.15) is 65.5 Å². The SMILES string of the molecule is COC(=O)C(C)c1ccc(CC(C)C)cc1.COC(=O)c1ccccc1O.COC(=O)c1ccccc1OC(C)=O. The molecule has 0 saturated heterocycles. The zero-order valence-corrected chi connectivity index (χ0v) is 24.5. The maximum Gasteiger partial charge on any atom is 0.341 e. The molecular weight excluding hydrogens is 528 g/mol. The second-order valence-corrected chi connectivity index (χ2v) is 9.17. The summed E-state index contributed by atoms with van der Waals surface area (Å²) in [7, 11) is 3.97. The van der Waals surface area contributed by atoms with Crippen LogP contribution >= 0.6 is 0 Å². The number of methoxy groups -OCH3 is 3. The molecule has 0 heterocycles. The quantitative estimate of drug-likeness (QED) is 0.216. The van der Waals surface area contributed by atoms with Crippen molar-refractivity contribution in [2.45, 2.75) is 40.0 Å². The van der Waals surface area contributed by atoms with Crippen LogP contribution in [0.5, 0.6) is 11.5 Å². The van der Waals surface area contributed by atoms with Gasteiger partial charge in [0.1, 0.15) is 22.6 Å². The summed E-state index contributed by atoms with van der Waals surface area (Å²) < 4.78 is 18.5. The number of aromatic hydroxyl groups is 1. The first-order chi connectivity index (χ1) is 19.4. The predicted octanol–water partition coefficient (Wildman–Crippen LogP) is 5.74. The molecule has 1 atom stereocenters. The second-order valence-electron chi connectivity index (χ2n) is 9.17. The Balaban J connectivity index is 0.000000313.